The molecule has 2 unspecified atom stereocenters. The maximum Gasteiger partial charge on any atom is 0.342 e. The molecule has 0 amide bonds. The van der Waals surface area contributed by atoms with E-state index < -0.39 is 5.25 Å². The molecule has 6 nitrogen and oxygen atoms in total. The monoisotopic (exact) mass is 472 g/mol. The standard InChI is InChI=1S/C24H28N2O4S2/c1-5-26(6-2)30-24(27)23-21-19-15(9-7-10-17(19)28-3)16(12-14-29-31-4)20(21)22-18(32-23)11-8-13-25-22/h7-11,13,16,23H,5-6,12,14H2,1-4H3. The second kappa shape index (κ2) is 10.3. The molecular weight excluding hydrogens is 444 g/mol. The summed E-state index contributed by atoms with van der Waals surface area (Å²) in [4.78, 5) is 25.0. The fourth-order valence-corrected chi connectivity index (χ4v) is 5.91. The molecule has 0 saturated carbocycles. The molecule has 0 bridgehead atoms. The largest absolute Gasteiger partial charge is 0.496 e. The van der Waals surface area contributed by atoms with Gasteiger partial charge in [0, 0.05) is 41.9 Å². The molecule has 1 aromatic carbocycles. The summed E-state index contributed by atoms with van der Waals surface area (Å²) in [5.74, 6) is 0.572. The number of allylic oxidation sites excluding steroid dienone is 1. The van der Waals surface area contributed by atoms with Crippen molar-refractivity contribution < 1.29 is 18.6 Å². The third-order valence-electron chi connectivity index (χ3n) is 5.84. The number of hydroxylamine groups is 2. The number of thioether (sulfide) groups is 1. The first-order valence-electron chi connectivity index (χ1n) is 10.8. The molecule has 2 heterocycles. The predicted octanol–water partition coefficient (Wildman–Crippen LogP) is 5.06. The first-order chi connectivity index (χ1) is 15.6. The number of methoxy groups -OCH3 is 1. The van der Waals surface area contributed by atoms with Gasteiger partial charge in [-0.25, -0.2) is 4.79 Å². The van der Waals surface area contributed by atoms with E-state index in [9.17, 15) is 4.79 Å². The first kappa shape index (κ1) is 23.2. The van der Waals surface area contributed by atoms with Gasteiger partial charge in [-0.2, -0.15) is 0 Å². The summed E-state index contributed by atoms with van der Waals surface area (Å²) in [6.45, 7) is 5.83. The molecule has 0 radical (unpaired) electrons. The minimum atomic E-state index is -0.496. The number of ether oxygens (including phenoxy) is 1. The number of nitrogens with zero attached hydrogens (tertiary/aromatic N) is 2. The Hall–Kier alpha value is -2.00. The van der Waals surface area contributed by atoms with Crippen LogP contribution >= 0.6 is 23.8 Å². The highest BCUT2D eigenvalue weighted by molar-refractivity contribution is 8.01. The van der Waals surface area contributed by atoms with Gasteiger partial charge < -0.3 is 13.8 Å². The molecule has 1 aliphatic carbocycles. The SMILES string of the molecule is CCN(CC)OC(=O)C1Sc2cccnc2C2=C1c1c(OC)cccc1C2CCOSC. The van der Waals surface area contributed by atoms with E-state index in [4.69, 9.17) is 18.7 Å². The zero-order valence-electron chi connectivity index (χ0n) is 18.8. The van der Waals surface area contributed by atoms with Crippen molar-refractivity contribution >= 4 is 40.9 Å². The van der Waals surface area contributed by atoms with Gasteiger partial charge in [0.2, 0.25) is 0 Å². The van der Waals surface area contributed by atoms with Crippen LogP contribution in [0, 0.1) is 0 Å². The maximum absolute atomic E-state index is 13.4. The van der Waals surface area contributed by atoms with Gasteiger partial charge in [0.15, 0.2) is 0 Å². The van der Waals surface area contributed by atoms with Crippen LogP contribution in [-0.4, -0.2) is 54.3 Å². The zero-order chi connectivity index (χ0) is 22.7. The number of hydrogen-bond acceptors (Lipinski definition) is 8. The summed E-state index contributed by atoms with van der Waals surface area (Å²) in [7, 11) is 1.67. The van der Waals surface area contributed by atoms with Crippen LogP contribution in [0.5, 0.6) is 5.75 Å². The fraction of sp³-hybridized carbons (Fsp3) is 0.417. The van der Waals surface area contributed by atoms with Crippen LogP contribution in [-0.2, 0) is 13.8 Å². The third kappa shape index (κ3) is 4.17. The number of aromatic nitrogens is 1. The van der Waals surface area contributed by atoms with E-state index in [1.165, 1.54) is 23.8 Å². The molecule has 0 fully saturated rings. The lowest BCUT2D eigenvalue weighted by atomic mass is 9.90. The van der Waals surface area contributed by atoms with Crippen molar-refractivity contribution in [2.75, 3.05) is 33.1 Å². The van der Waals surface area contributed by atoms with Crippen molar-refractivity contribution in [1.29, 1.82) is 0 Å². The van der Waals surface area contributed by atoms with Gasteiger partial charge in [-0.3, -0.25) is 4.98 Å². The molecule has 170 valence electrons. The van der Waals surface area contributed by atoms with E-state index in [1.54, 1.807) is 12.2 Å². The van der Waals surface area contributed by atoms with E-state index in [-0.39, 0.29) is 11.9 Å². The Labute approximate surface area is 197 Å². The lowest BCUT2D eigenvalue weighted by Gasteiger charge is -2.28. The topological polar surface area (TPSA) is 60.9 Å². The number of hydrogen-bond donors (Lipinski definition) is 0. The maximum atomic E-state index is 13.4. The van der Waals surface area contributed by atoms with Crippen LogP contribution in [0.1, 0.15) is 43.0 Å². The quantitative estimate of drug-likeness (QED) is 0.285. The minimum Gasteiger partial charge on any atom is -0.496 e. The van der Waals surface area contributed by atoms with Gasteiger partial charge in [0.05, 0.1) is 19.4 Å². The highest BCUT2D eigenvalue weighted by Crippen LogP contribution is 2.58. The van der Waals surface area contributed by atoms with Crippen LogP contribution < -0.4 is 4.74 Å². The molecule has 2 atom stereocenters. The van der Waals surface area contributed by atoms with E-state index in [1.807, 2.05) is 50.6 Å². The Morgan fingerprint density at radius 3 is 2.72 bits per heavy atom. The van der Waals surface area contributed by atoms with Crippen molar-refractivity contribution in [2.24, 2.45) is 0 Å². The number of rotatable bonds is 9. The molecule has 0 spiro atoms. The summed E-state index contributed by atoms with van der Waals surface area (Å²) in [6.07, 6.45) is 4.52. The third-order valence-corrected chi connectivity index (χ3v) is 7.49. The van der Waals surface area contributed by atoms with Gasteiger partial charge in [-0.1, -0.05) is 12.1 Å². The predicted molar refractivity (Wildman–Crippen MR) is 130 cm³/mol. The number of benzene rings is 1. The smallest absolute Gasteiger partial charge is 0.342 e. The minimum absolute atomic E-state index is 0.0700. The van der Waals surface area contributed by atoms with Crippen molar-refractivity contribution in [3.05, 3.63) is 53.3 Å². The normalized spacial score (nSPS) is 18.9. The lowest BCUT2D eigenvalue weighted by molar-refractivity contribution is -0.186. The number of fused-ring (bicyclic) bond motifs is 4. The zero-order valence-corrected chi connectivity index (χ0v) is 20.4. The number of carbonyl (C=O) groups is 1. The molecular formula is C24H28N2O4S2. The molecule has 4 rings (SSSR count). The summed E-state index contributed by atoms with van der Waals surface area (Å²) in [5, 5.41) is 1.19. The van der Waals surface area contributed by atoms with Crippen LogP contribution in [0.3, 0.4) is 0 Å². The molecule has 8 heteroatoms. The van der Waals surface area contributed by atoms with Crippen LogP contribution in [0.15, 0.2) is 41.4 Å². The summed E-state index contributed by atoms with van der Waals surface area (Å²) in [5.41, 5.74) is 5.13. The van der Waals surface area contributed by atoms with Crippen molar-refractivity contribution in [1.82, 2.24) is 10.0 Å². The Morgan fingerprint density at radius 2 is 2.00 bits per heavy atom. The molecule has 0 saturated heterocycles. The van der Waals surface area contributed by atoms with Crippen LogP contribution in [0.2, 0.25) is 0 Å². The number of pyridine rings is 1. The van der Waals surface area contributed by atoms with Gasteiger partial charge in [0.25, 0.3) is 0 Å². The average molecular weight is 473 g/mol. The Morgan fingerprint density at radius 1 is 1.19 bits per heavy atom. The van der Waals surface area contributed by atoms with E-state index in [0.717, 1.165) is 45.0 Å². The Balaban J connectivity index is 1.87. The molecule has 1 aromatic heterocycles. The summed E-state index contributed by atoms with van der Waals surface area (Å²) >= 11 is 2.87. The van der Waals surface area contributed by atoms with E-state index in [0.29, 0.717) is 19.7 Å². The van der Waals surface area contributed by atoms with Crippen LogP contribution in [0.25, 0.3) is 11.1 Å². The molecule has 2 aliphatic rings. The van der Waals surface area contributed by atoms with Crippen molar-refractivity contribution in [3.8, 4) is 5.75 Å². The van der Waals surface area contributed by atoms with Gasteiger partial charge >= 0.3 is 5.97 Å². The van der Waals surface area contributed by atoms with Gasteiger partial charge in [-0.05, 0) is 67.2 Å². The molecule has 0 N–H and O–H groups in total. The Bertz CT molecular complexity index is 1020. The Kier molecular flexibility index (Phi) is 7.45. The molecule has 1 aliphatic heterocycles. The highest BCUT2D eigenvalue weighted by atomic mass is 32.2. The van der Waals surface area contributed by atoms with Crippen LogP contribution in [0.4, 0.5) is 0 Å². The summed E-state index contributed by atoms with van der Waals surface area (Å²) in [6, 6.07) is 10.0. The van der Waals surface area contributed by atoms with Crippen molar-refractivity contribution in [3.63, 3.8) is 0 Å². The lowest BCUT2D eigenvalue weighted by Crippen LogP contribution is -2.33. The average Bonchev–Trinajstić information content (AvgIpc) is 3.17. The highest BCUT2D eigenvalue weighted by Gasteiger charge is 2.45. The number of carbonyl (C=O) groups excluding carboxylic acids is 1. The second-order valence-electron chi connectivity index (χ2n) is 7.45. The van der Waals surface area contributed by atoms with Crippen molar-refractivity contribution in [2.45, 2.75) is 36.3 Å². The van der Waals surface area contributed by atoms with E-state index in [2.05, 4.69) is 6.07 Å². The molecule has 32 heavy (non-hydrogen) atoms. The fourth-order valence-electron chi connectivity index (χ4n) is 4.46. The van der Waals surface area contributed by atoms with Gasteiger partial charge in [-0.15, -0.1) is 16.8 Å². The van der Waals surface area contributed by atoms with E-state index >= 15 is 0 Å². The summed E-state index contributed by atoms with van der Waals surface area (Å²) < 4.78 is 11.4. The molecule has 2 aromatic rings. The van der Waals surface area contributed by atoms with Gasteiger partial charge in [0.1, 0.15) is 11.0 Å². The first-order valence-corrected chi connectivity index (χ1v) is 12.8. The second-order valence-corrected chi connectivity index (χ2v) is 9.17.